The van der Waals surface area contributed by atoms with Crippen molar-refractivity contribution in [1.29, 1.82) is 0 Å². The van der Waals surface area contributed by atoms with Crippen LogP contribution in [-0.4, -0.2) is 38.3 Å². The Morgan fingerprint density at radius 1 is 1.15 bits per heavy atom. The van der Waals surface area contributed by atoms with Crippen LogP contribution in [0.3, 0.4) is 0 Å². The average molecular weight is 479 g/mol. The highest BCUT2D eigenvalue weighted by atomic mass is 35.5. The van der Waals surface area contributed by atoms with E-state index in [-0.39, 0.29) is 42.9 Å². The van der Waals surface area contributed by atoms with Crippen LogP contribution in [0.25, 0.3) is 0 Å². The lowest BCUT2D eigenvalue weighted by atomic mass is 9.44. The van der Waals surface area contributed by atoms with Crippen molar-refractivity contribution < 1.29 is 18.7 Å². The number of carbonyl (C=O) groups is 1. The maximum atomic E-state index is 13.3. The molecule has 6 rings (SSSR count). The number of nitrogens with one attached hydrogen (secondary N) is 1. The van der Waals surface area contributed by atoms with Gasteiger partial charge in [0.05, 0.1) is 6.33 Å². The zero-order valence-corrected chi connectivity index (χ0v) is 20.0. The van der Waals surface area contributed by atoms with Gasteiger partial charge in [-0.25, -0.2) is 4.39 Å². The van der Waals surface area contributed by atoms with Crippen molar-refractivity contribution in [2.75, 3.05) is 26.4 Å². The van der Waals surface area contributed by atoms with Crippen LogP contribution in [0.2, 0.25) is 0 Å². The Morgan fingerprint density at radius 3 is 2.42 bits per heavy atom. The second kappa shape index (κ2) is 10.3. The number of hydrogen-bond donors (Lipinski definition) is 2. The molecule has 5 aliphatic rings. The van der Waals surface area contributed by atoms with Gasteiger partial charge in [0.1, 0.15) is 12.4 Å². The van der Waals surface area contributed by atoms with Crippen molar-refractivity contribution in [3.05, 3.63) is 41.7 Å². The monoisotopic (exact) mass is 478 g/mol. The number of amides is 1. The van der Waals surface area contributed by atoms with Crippen molar-refractivity contribution in [1.82, 2.24) is 5.32 Å². The third-order valence-corrected chi connectivity index (χ3v) is 8.45. The molecular formula is C26H36ClFN2O3. The number of ether oxygens (including phenoxy) is 2. The van der Waals surface area contributed by atoms with Crippen molar-refractivity contribution >= 4 is 18.3 Å². The van der Waals surface area contributed by atoms with Gasteiger partial charge in [-0.1, -0.05) is 12.1 Å². The molecular weight excluding hydrogens is 443 g/mol. The highest BCUT2D eigenvalue weighted by Crippen LogP contribution is 2.63. The Hall–Kier alpha value is -1.63. The normalized spacial score (nSPS) is 33.5. The van der Waals surface area contributed by atoms with Gasteiger partial charge < -0.3 is 20.5 Å². The summed E-state index contributed by atoms with van der Waals surface area (Å²) < 4.78 is 23.9. The summed E-state index contributed by atoms with van der Waals surface area (Å²) in [5, 5.41) is 3.36. The molecule has 7 heteroatoms. The second-order valence-electron chi connectivity index (χ2n) is 10.5. The minimum atomic E-state index is 0. The third-order valence-electron chi connectivity index (χ3n) is 8.45. The van der Waals surface area contributed by atoms with Crippen LogP contribution >= 0.6 is 12.4 Å². The van der Waals surface area contributed by atoms with Crippen LogP contribution in [0, 0.1) is 23.7 Å². The van der Waals surface area contributed by atoms with Crippen LogP contribution in [0.4, 0.5) is 4.39 Å². The Labute approximate surface area is 202 Å². The Bertz CT molecular complexity index is 840. The molecule has 4 aliphatic carbocycles. The summed E-state index contributed by atoms with van der Waals surface area (Å²) in [6, 6.07) is 8.63. The van der Waals surface area contributed by atoms with E-state index in [0.29, 0.717) is 29.6 Å². The van der Waals surface area contributed by atoms with Crippen LogP contribution in [-0.2, 0) is 14.9 Å². The minimum absolute atomic E-state index is 0. The molecule has 1 amide bonds. The van der Waals surface area contributed by atoms with Gasteiger partial charge in [0.2, 0.25) is 5.91 Å². The molecule has 1 aromatic rings. The lowest BCUT2D eigenvalue weighted by Crippen LogP contribution is -2.57. The van der Waals surface area contributed by atoms with Gasteiger partial charge in [-0.3, -0.25) is 4.79 Å². The van der Waals surface area contributed by atoms with Gasteiger partial charge >= 0.3 is 0 Å². The van der Waals surface area contributed by atoms with E-state index in [4.69, 9.17) is 15.2 Å². The first-order valence-corrected chi connectivity index (χ1v) is 12.2. The summed E-state index contributed by atoms with van der Waals surface area (Å²) >= 11 is 0. The molecule has 5 nitrogen and oxygen atoms in total. The van der Waals surface area contributed by atoms with E-state index in [1.807, 2.05) is 12.1 Å². The van der Waals surface area contributed by atoms with E-state index in [2.05, 4.69) is 17.4 Å². The highest BCUT2D eigenvalue weighted by molar-refractivity contribution is 5.85. The smallest absolute Gasteiger partial charge is 0.223 e. The number of halogens is 2. The van der Waals surface area contributed by atoms with E-state index in [9.17, 15) is 9.18 Å². The SMILES string of the molecule is Cl.NC/C(=C\F)COc1ccc(C23CC4CC(C2)C(C(=O)NC2CCOCC2)C(C4)C3)cc1. The standard InChI is InChI=1S/C26H35FN2O3.ClH/c27-14-18(15-28)16-32-23-3-1-21(2-4-23)26-11-17-9-19(12-26)24(20(10-17)13-26)25(30)29-22-5-7-31-8-6-22;/h1-4,14,17,19-20,22,24H,5-13,15-16,28H2,(H,29,30);1H/b18-14+;. The molecule has 0 spiro atoms. The molecule has 182 valence electrons. The van der Waals surface area contributed by atoms with E-state index in [0.717, 1.165) is 50.6 Å². The fourth-order valence-corrected chi connectivity index (χ4v) is 7.16. The van der Waals surface area contributed by atoms with Crippen LogP contribution < -0.4 is 15.8 Å². The van der Waals surface area contributed by atoms with Crippen LogP contribution in [0.1, 0.15) is 50.5 Å². The fourth-order valence-electron chi connectivity index (χ4n) is 7.16. The summed E-state index contributed by atoms with van der Waals surface area (Å²) in [5.74, 6) is 2.91. The van der Waals surface area contributed by atoms with Gasteiger partial charge in [0, 0.05) is 37.3 Å². The van der Waals surface area contributed by atoms with Gasteiger partial charge in [-0.15, -0.1) is 12.4 Å². The molecule has 5 fully saturated rings. The highest BCUT2D eigenvalue weighted by Gasteiger charge is 2.57. The molecule has 0 aromatic heterocycles. The number of nitrogens with two attached hydrogens (primary N) is 1. The molecule has 2 unspecified atom stereocenters. The molecule has 1 heterocycles. The molecule has 4 saturated carbocycles. The largest absolute Gasteiger partial charge is 0.489 e. The summed E-state index contributed by atoms with van der Waals surface area (Å²) in [6.07, 6.45) is 8.23. The lowest BCUT2D eigenvalue weighted by molar-refractivity contribution is -0.141. The summed E-state index contributed by atoms with van der Waals surface area (Å²) in [6.45, 7) is 1.84. The van der Waals surface area contributed by atoms with Crippen molar-refractivity contribution in [3.8, 4) is 5.75 Å². The third kappa shape index (κ3) is 4.94. The second-order valence-corrected chi connectivity index (χ2v) is 10.5. The summed E-state index contributed by atoms with van der Waals surface area (Å²) in [4.78, 5) is 13.3. The number of carbonyl (C=O) groups excluding carboxylic acids is 1. The van der Waals surface area contributed by atoms with Gasteiger partial charge in [0.25, 0.3) is 0 Å². The van der Waals surface area contributed by atoms with Crippen LogP contribution in [0.15, 0.2) is 36.2 Å². The molecule has 4 bridgehead atoms. The summed E-state index contributed by atoms with van der Waals surface area (Å²) in [7, 11) is 0. The molecule has 1 aromatic carbocycles. The van der Waals surface area contributed by atoms with Gasteiger partial charge in [-0.2, -0.15) is 0 Å². The first-order chi connectivity index (χ1) is 15.6. The van der Waals surface area contributed by atoms with E-state index in [1.54, 1.807) is 0 Å². The zero-order valence-electron chi connectivity index (χ0n) is 19.1. The van der Waals surface area contributed by atoms with Crippen molar-refractivity contribution in [2.24, 2.45) is 29.4 Å². The van der Waals surface area contributed by atoms with Crippen molar-refractivity contribution in [2.45, 2.75) is 56.4 Å². The van der Waals surface area contributed by atoms with E-state index >= 15 is 0 Å². The number of rotatable bonds is 7. The molecule has 1 aliphatic heterocycles. The number of hydrogen-bond acceptors (Lipinski definition) is 4. The Morgan fingerprint density at radius 2 is 1.82 bits per heavy atom. The molecule has 3 N–H and O–H groups in total. The maximum absolute atomic E-state index is 13.3. The molecule has 2 atom stereocenters. The first kappa shape index (κ1) is 24.5. The Kier molecular flexibility index (Phi) is 7.66. The number of benzene rings is 1. The predicted molar refractivity (Wildman–Crippen MR) is 128 cm³/mol. The quantitative estimate of drug-likeness (QED) is 0.613. The van der Waals surface area contributed by atoms with Crippen LogP contribution in [0.5, 0.6) is 5.75 Å². The molecule has 1 saturated heterocycles. The minimum Gasteiger partial charge on any atom is -0.489 e. The topological polar surface area (TPSA) is 73.6 Å². The van der Waals surface area contributed by atoms with Crippen molar-refractivity contribution in [3.63, 3.8) is 0 Å². The molecule has 0 radical (unpaired) electrons. The molecule has 33 heavy (non-hydrogen) atoms. The predicted octanol–water partition coefficient (Wildman–Crippen LogP) is 4.29. The zero-order chi connectivity index (χ0) is 22.1. The Balaban J connectivity index is 0.00000259. The maximum Gasteiger partial charge on any atom is 0.223 e. The average Bonchev–Trinajstić information content (AvgIpc) is 2.80. The van der Waals surface area contributed by atoms with Gasteiger partial charge in [0.15, 0.2) is 0 Å². The van der Waals surface area contributed by atoms with E-state index < -0.39 is 0 Å². The lowest BCUT2D eigenvalue weighted by Gasteiger charge is -2.60. The summed E-state index contributed by atoms with van der Waals surface area (Å²) in [5.41, 5.74) is 7.50. The first-order valence-electron chi connectivity index (χ1n) is 12.2. The fraction of sp³-hybridized carbons (Fsp3) is 0.654. The van der Waals surface area contributed by atoms with Gasteiger partial charge in [-0.05, 0) is 85.8 Å². The van der Waals surface area contributed by atoms with E-state index in [1.165, 1.54) is 24.8 Å².